The molecule has 2 fully saturated rings. The molecule has 1 aromatic rings. The number of fused-ring (bicyclic) bond motifs is 1. The Kier molecular flexibility index (Phi) is 3.59. The number of hydrogen-bond acceptors (Lipinski definition) is 3. The summed E-state index contributed by atoms with van der Waals surface area (Å²) in [6.45, 7) is 8.41. The number of piperidine rings is 1. The lowest BCUT2D eigenvalue weighted by atomic mass is 9.53. The standard InChI is InChI=1S/C23H30N2O2/c1-4-22-11-8-13-25(5-2)14-12-23(21(22)25)17-9-6-7-10-18(17)24-19(23)16(15-22)20(26)27-3/h6-7,9-10,21H,4-5,8,11-15H2,1-3H3/p+1/t21-,22-,23-,25?/m1/s1. The van der Waals surface area contributed by atoms with Gasteiger partial charge in [-0.05, 0) is 44.2 Å². The van der Waals surface area contributed by atoms with Crippen LogP contribution in [-0.4, -0.2) is 43.2 Å². The maximum absolute atomic E-state index is 12.9. The van der Waals surface area contributed by atoms with Crippen LogP contribution in [0.3, 0.4) is 0 Å². The van der Waals surface area contributed by atoms with E-state index in [0.29, 0.717) is 6.04 Å². The summed E-state index contributed by atoms with van der Waals surface area (Å²) >= 11 is 0. The average molecular weight is 368 g/mol. The predicted octanol–water partition coefficient (Wildman–Crippen LogP) is 3.98. The van der Waals surface area contributed by atoms with Crippen molar-refractivity contribution in [3.63, 3.8) is 0 Å². The molecule has 3 heterocycles. The number of carbonyl (C=O) groups is 1. The third kappa shape index (κ3) is 1.90. The third-order valence-corrected chi connectivity index (χ3v) is 8.53. The monoisotopic (exact) mass is 367 g/mol. The Labute approximate surface area is 162 Å². The van der Waals surface area contributed by atoms with Crippen LogP contribution in [0.4, 0.5) is 5.69 Å². The van der Waals surface area contributed by atoms with Crippen LogP contribution < -0.4 is 5.32 Å². The van der Waals surface area contributed by atoms with Gasteiger partial charge in [-0.3, -0.25) is 0 Å². The molecule has 1 aliphatic carbocycles. The number of carbonyl (C=O) groups excluding carboxylic acids is 1. The second-order valence-electron chi connectivity index (χ2n) is 9.12. The highest BCUT2D eigenvalue weighted by Gasteiger charge is 2.72. The Hall–Kier alpha value is -1.81. The fraction of sp³-hybridized carbons (Fsp3) is 0.609. The molecule has 27 heavy (non-hydrogen) atoms. The molecule has 4 aliphatic rings. The molecule has 0 saturated carbocycles. The molecule has 1 aromatic carbocycles. The van der Waals surface area contributed by atoms with E-state index in [0.717, 1.165) is 24.8 Å². The van der Waals surface area contributed by atoms with Crippen LogP contribution in [0.5, 0.6) is 0 Å². The summed E-state index contributed by atoms with van der Waals surface area (Å²) in [5.41, 5.74) is 4.83. The minimum Gasteiger partial charge on any atom is -0.466 e. The van der Waals surface area contributed by atoms with Crippen molar-refractivity contribution in [2.24, 2.45) is 5.41 Å². The Bertz CT molecular complexity index is 847. The van der Waals surface area contributed by atoms with Gasteiger partial charge in [0.15, 0.2) is 0 Å². The van der Waals surface area contributed by atoms with E-state index < -0.39 is 0 Å². The van der Waals surface area contributed by atoms with E-state index in [2.05, 4.69) is 43.4 Å². The van der Waals surface area contributed by atoms with Gasteiger partial charge in [-0.15, -0.1) is 0 Å². The maximum atomic E-state index is 12.9. The lowest BCUT2D eigenvalue weighted by molar-refractivity contribution is -0.952. The van der Waals surface area contributed by atoms with Gasteiger partial charge in [-0.1, -0.05) is 25.1 Å². The van der Waals surface area contributed by atoms with Gasteiger partial charge in [-0.2, -0.15) is 0 Å². The summed E-state index contributed by atoms with van der Waals surface area (Å²) in [6.07, 6.45) is 5.63. The summed E-state index contributed by atoms with van der Waals surface area (Å²) in [6, 6.07) is 9.32. The third-order valence-electron chi connectivity index (χ3n) is 8.53. The van der Waals surface area contributed by atoms with Crippen LogP contribution in [0.25, 0.3) is 0 Å². The van der Waals surface area contributed by atoms with E-state index >= 15 is 0 Å². The molecule has 0 bridgehead atoms. The fourth-order valence-corrected chi connectivity index (χ4v) is 7.53. The zero-order valence-corrected chi connectivity index (χ0v) is 16.8. The number of quaternary nitrogens is 1. The summed E-state index contributed by atoms with van der Waals surface area (Å²) in [7, 11) is 1.53. The maximum Gasteiger partial charge on any atom is 0.335 e. The number of anilines is 1. The Morgan fingerprint density at radius 1 is 1.26 bits per heavy atom. The summed E-state index contributed by atoms with van der Waals surface area (Å²) < 4.78 is 6.50. The van der Waals surface area contributed by atoms with Gasteiger partial charge in [0.25, 0.3) is 0 Å². The van der Waals surface area contributed by atoms with Gasteiger partial charge in [0.05, 0.1) is 37.7 Å². The molecular formula is C23H31N2O2+. The summed E-state index contributed by atoms with van der Waals surface area (Å²) in [5.74, 6) is -0.136. The van der Waals surface area contributed by atoms with E-state index in [1.807, 2.05) is 0 Å². The minimum atomic E-state index is -0.136. The SMILES string of the molecule is CC[C@@]12CCC[N+]3(CC)CC[C@@]4(C(=C(C(=O)OC)C1)Nc1ccccc14)[C@@H]23. The summed E-state index contributed by atoms with van der Waals surface area (Å²) in [4.78, 5) is 12.9. The largest absolute Gasteiger partial charge is 0.466 e. The van der Waals surface area contributed by atoms with Crippen molar-refractivity contribution in [1.82, 2.24) is 0 Å². The molecule has 0 radical (unpaired) electrons. The second-order valence-corrected chi connectivity index (χ2v) is 9.12. The predicted molar refractivity (Wildman–Crippen MR) is 106 cm³/mol. The van der Waals surface area contributed by atoms with Gasteiger partial charge < -0.3 is 14.5 Å². The molecule has 0 aromatic heterocycles. The molecular weight excluding hydrogens is 336 g/mol. The lowest BCUT2D eigenvalue weighted by Gasteiger charge is -2.59. The normalized spacial score (nSPS) is 38.7. The van der Waals surface area contributed by atoms with Crippen molar-refractivity contribution >= 4 is 11.7 Å². The van der Waals surface area contributed by atoms with E-state index in [9.17, 15) is 4.79 Å². The molecule has 4 heteroatoms. The number of nitrogens with one attached hydrogen (secondary N) is 1. The Morgan fingerprint density at radius 2 is 2.07 bits per heavy atom. The van der Waals surface area contributed by atoms with Crippen molar-refractivity contribution in [3.8, 4) is 0 Å². The van der Waals surface area contributed by atoms with Gasteiger partial charge in [0, 0.05) is 23.2 Å². The van der Waals surface area contributed by atoms with E-state index in [1.165, 1.54) is 61.0 Å². The number of ether oxygens (including phenoxy) is 1. The molecule has 4 atom stereocenters. The molecule has 3 aliphatic heterocycles. The van der Waals surface area contributed by atoms with Crippen molar-refractivity contribution in [3.05, 3.63) is 41.1 Å². The molecule has 2 saturated heterocycles. The van der Waals surface area contributed by atoms with Crippen LogP contribution in [-0.2, 0) is 14.9 Å². The molecule has 1 unspecified atom stereocenters. The van der Waals surface area contributed by atoms with Gasteiger partial charge in [-0.25, -0.2) is 4.79 Å². The first-order chi connectivity index (χ1) is 13.1. The van der Waals surface area contributed by atoms with Crippen LogP contribution in [0.15, 0.2) is 35.5 Å². The van der Waals surface area contributed by atoms with E-state index in [4.69, 9.17) is 4.74 Å². The smallest absolute Gasteiger partial charge is 0.335 e. The first kappa shape index (κ1) is 17.3. The summed E-state index contributed by atoms with van der Waals surface area (Å²) in [5, 5.41) is 3.70. The van der Waals surface area contributed by atoms with Crippen molar-refractivity contribution in [2.75, 3.05) is 32.1 Å². The Balaban J connectivity index is 1.84. The van der Waals surface area contributed by atoms with Gasteiger partial charge in [0.1, 0.15) is 6.04 Å². The van der Waals surface area contributed by atoms with Crippen LogP contribution in [0.1, 0.15) is 51.5 Å². The van der Waals surface area contributed by atoms with E-state index in [1.54, 1.807) is 0 Å². The van der Waals surface area contributed by atoms with Gasteiger partial charge in [0.2, 0.25) is 0 Å². The Morgan fingerprint density at radius 3 is 2.81 bits per heavy atom. The molecule has 4 nitrogen and oxygen atoms in total. The fourth-order valence-electron chi connectivity index (χ4n) is 7.53. The molecule has 1 spiro atoms. The van der Waals surface area contributed by atoms with Crippen molar-refractivity contribution in [2.45, 2.75) is 57.4 Å². The van der Waals surface area contributed by atoms with Crippen LogP contribution in [0.2, 0.25) is 0 Å². The first-order valence-corrected chi connectivity index (χ1v) is 10.6. The van der Waals surface area contributed by atoms with Crippen LogP contribution >= 0.6 is 0 Å². The molecule has 5 rings (SSSR count). The van der Waals surface area contributed by atoms with Crippen molar-refractivity contribution in [1.29, 1.82) is 0 Å². The zero-order valence-electron chi connectivity index (χ0n) is 16.8. The zero-order chi connectivity index (χ0) is 18.9. The first-order valence-electron chi connectivity index (χ1n) is 10.6. The number of rotatable bonds is 3. The van der Waals surface area contributed by atoms with Crippen molar-refractivity contribution < 1.29 is 14.0 Å². The second kappa shape index (κ2) is 5.60. The number of likely N-dealkylation sites (N-methyl/N-ethyl adjacent to an activating group) is 1. The molecule has 1 N–H and O–H groups in total. The molecule has 144 valence electrons. The number of hydrogen-bond donors (Lipinski definition) is 1. The topological polar surface area (TPSA) is 38.3 Å². The number of benzene rings is 1. The van der Waals surface area contributed by atoms with Gasteiger partial charge >= 0.3 is 5.97 Å². The quantitative estimate of drug-likeness (QED) is 0.649. The minimum absolute atomic E-state index is 0.0508. The highest BCUT2D eigenvalue weighted by molar-refractivity contribution is 5.93. The number of esters is 1. The molecule has 0 amide bonds. The van der Waals surface area contributed by atoms with E-state index in [-0.39, 0.29) is 16.8 Å². The average Bonchev–Trinajstić information content (AvgIpc) is 3.25. The lowest BCUT2D eigenvalue weighted by Crippen LogP contribution is -2.68. The number of nitrogens with zero attached hydrogens (tertiary/aromatic N) is 1. The highest BCUT2D eigenvalue weighted by atomic mass is 16.5. The number of methoxy groups -OCH3 is 1. The number of para-hydroxylation sites is 1. The highest BCUT2D eigenvalue weighted by Crippen LogP contribution is 2.67. The van der Waals surface area contributed by atoms with Crippen LogP contribution in [0, 0.1) is 5.41 Å².